The number of hydrogen-bond acceptors (Lipinski definition) is 2. The highest BCUT2D eigenvalue weighted by atomic mass is 19.4. The van der Waals surface area contributed by atoms with Crippen molar-refractivity contribution in [3.8, 4) is 0 Å². The first-order chi connectivity index (χ1) is 10.0. The van der Waals surface area contributed by atoms with E-state index in [9.17, 15) is 13.2 Å². The Morgan fingerprint density at radius 1 is 1.24 bits per heavy atom. The zero-order valence-electron chi connectivity index (χ0n) is 12.2. The lowest BCUT2D eigenvalue weighted by molar-refractivity contribution is -0.137. The standard InChI is InChI=1S/C16H22F3NO/c1-20-15(10-9-14-4-2-3-11-21-14)12-5-7-13(8-6-12)16(17,18)19/h5-8,14-15,20H,2-4,9-11H2,1H3. The molecule has 0 saturated carbocycles. The Morgan fingerprint density at radius 3 is 2.48 bits per heavy atom. The number of nitrogens with one attached hydrogen (secondary N) is 1. The molecular weight excluding hydrogens is 279 g/mol. The minimum atomic E-state index is -4.27. The average Bonchev–Trinajstić information content (AvgIpc) is 2.48. The van der Waals surface area contributed by atoms with Crippen LogP contribution in [0.25, 0.3) is 0 Å². The predicted molar refractivity (Wildman–Crippen MR) is 76.1 cm³/mol. The molecule has 0 aromatic heterocycles. The van der Waals surface area contributed by atoms with Gasteiger partial charge in [-0.3, -0.25) is 0 Å². The van der Waals surface area contributed by atoms with E-state index in [1.165, 1.54) is 6.42 Å². The van der Waals surface area contributed by atoms with E-state index in [2.05, 4.69) is 5.32 Å². The summed E-state index contributed by atoms with van der Waals surface area (Å²) in [4.78, 5) is 0. The normalized spacial score (nSPS) is 21.2. The minimum Gasteiger partial charge on any atom is -0.378 e. The van der Waals surface area contributed by atoms with Gasteiger partial charge in [-0.25, -0.2) is 0 Å². The van der Waals surface area contributed by atoms with Crippen molar-refractivity contribution in [2.45, 2.75) is 50.4 Å². The Balaban J connectivity index is 1.93. The number of rotatable bonds is 5. The number of halogens is 3. The molecule has 1 aromatic rings. The summed E-state index contributed by atoms with van der Waals surface area (Å²) in [6, 6.07) is 5.49. The highest BCUT2D eigenvalue weighted by molar-refractivity contribution is 5.26. The van der Waals surface area contributed by atoms with Gasteiger partial charge in [-0.2, -0.15) is 13.2 Å². The molecule has 1 aliphatic rings. The summed E-state index contributed by atoms with van der Waals surface area (Å²) in [5, 5.41) is 3.18. The van der Waals surface area contributed by atoms with Gasteiger partial charge in [0.25, 0.3) is 0 Å². The monoisotopic (exact) mass is 301 g/mol. The van der Waals surface area contributed by atoms with Crippen LogP contribution in [-0.2, 0) is 10.9 Å². The van der Waals surface area contributed by atoms with Gasteiger partial charge in [0.2, 0.25) is 0 Å². The van der Waals surface area contributed by atoms with Gasteiger partial charge in [0, 0.05) is 12.6 Å². The van der Waals surface area contributed by atoms with Crippen molar-refractivity contribution < 1.29 is 17.9 Å². The number of alkyl halides is 3. The molecule has 2 rings (SSSR count). The Bertz CT molecular complexity index is 424. The van der Waals surface area contributed by atoms with Gasteiger partial charge in [0.15, 0.2) is 0 Å². The largest absolute Gasteiger partial charge is 0.416 e. The van der Waals surface area contributed by atoms with Crippen LogP contribution in [0, 0.1) is 0 Å². The minimum absolute atomic E-state index is 0.0674. The number of benzene rings is 1. The van der Waals surface area contributed by atoms with Crippen LogP contribution in [0.4, 0.5) is 13.2 Å². The van der Waals surface area contributed by atoms with Crippen LogP contribution >= 0.6 is 0 Å². The van der Waals surface area contributed by atoms with Crippen LogP contribution in [0.1, 0.15) is 49.3 Å². The van der Waals surface area contributed by atoms with Crippen molar-refractivity contribution in [1.29, 1.82) is 0 Å². The Morgan fingerprint density at radius 2 is 1.95 bits per heavy atom. The molecule has 0 spiro atoms. The molecule has 5 heteroatoms. The van der Waals surface area contributed by atoms with E-state index in [4.69, 9.17) is 4.74 Å². The summed E-state index contributed by atoms with van der Waals surface area (Å²) < 4.78 is 43.4. The lowest BCUT2D eigenvalue weighted by Gasteiger charge is -2.25. The molecule has 2 nitrogen and oxygen atoms in total. The molecule has 21 heavy (non-hydrogen) atoms. The van der Waals surface area contributed by atoms with Gasteiger partial charge in [0.05, 0.1) is 11.7 Å². The highest BCUT2D eigenvalue weighted by Gasteiger charge is 2.30. The molecule has 118 valence electrons. The van der Waals surface area contributed by atoms with Crippen LogP contribution < -0.4 is 5.32 Å². The second kappa shape index (κ2) is 7.27. The Kier molecular flexibility index (Phi) is 5.65. The molecule has 0 radical (unpaired) electrons. The molecule has 0 amide bonds. The van der Waals surface area contributed by atoms with Gasteiger partial charge in [-0.05, 0) is 56.8 Å². The van der Waals surface area contributed by atoms with Gasteiger partial charge >= 0.3 is 6.18 Å². The fourth-order valence-corrected chi connectivity index (χ4v) is 2.77. The van der Waals surface area contributed by atoms with Crippen LogP contribution in [0.15, 0.2) is 24.3 Å². The molecule has 1 N–H and O–H groups in total. The molecule has 1 saturated heterocycles. The van der Waals surface area contributed by atoms with Crippen molar-refractivity contribution in [1.82, 2.24) is 5.32 Å². The lowest BCUT2D eigenvalue weighted by Crippen LogP contribution is -2.23. The van der Waals surface area contributed by atoms with Crippen molar-refractivity contribution in [2.24, 2.45) is 0 Å². The van der Waals surface area contributed by atoms with E-state index in [-0.39, 0.29) is 6.04 Å². The van der Waals surface area contributed by atoms with E-state index < -0.39 is 11.7 Å². The maximum atomic E-state index is 12.6. The van der Waals surface area contributed by atoms with E-state index in [0.717, 1.165) is 50.0 Å². The molecular formula is C16H22F3NO. The molecule has 2 atom stereocenters. The zero-order valence-corrected chi connectivity index (χ0v) is 12.2. The molecule has 2 unspecified atom stereocenters. The maximum Gasteiger partial charge on any atom is 0.416 e. The van der Waals surface area contributed by atoms with Crippen LogP contribution in [-0.4, -0.2) is 19.8 Å². The maximum absolute atomic E-state index is 12.6. The quantitative estimate of drug-likeness (QED) is 0.874. The summed E-state index contributed by atoms with van der Waals surface area (Å²) >= 11 is 0. The fraction of sp³-hybridized carbons (Fsp3) is 0.625. The first kappa shape index (κ1) is 16.3. The Hall–Kier alpha value is -1.07. The molecule has 1 heterocycles. The fourth-order valence-electron chi connectivity index (χ4n) is 2.77. The van der Waals surface area contributed by atoms with Crippen molar-refractivity contribution >= 4 is 0 Å². The predicted octanol–water partition coefficient (Wildman–Crippen LogP) is 4.32. The lowest BCUT2D eigenvalue weighted by atomic mass is 9.96. The molecule has 1 aliphatic heterocycles. The van der Waals surface area contributed by atoms with E-state index in [1.54, 1.807) is 12.1 Å². The van der Waals surface area contributed by atoms with Gasteiger partial charge < -0.3 is 10.1 Å². The van der Waals surface area contributed by atoms with Gasteiger partial charge in [0.1, 0.15) is 0 Å². The summed E-state index contributed by atoms with van der Waals surface area (Å²) in [6.07, 6.45) is 1.25. The molecule has 0 aliphatic carbocycles. The summed E-state index contributed by atoms with van der Waals surface area (Å²) in [5.74, 6) is 0. The Labute approximate surface area is 123 Å². The van der Waals surface area contributed by atoms with E-state index >= 15 is 0 Å². The molecule has 1 fully saturated rings. The second-order valence-corrected chi connectivity index (χ2v) is 5.53. The van der Waals surface area contributed by atoms with Crippen LogP contribution in [0.5, 0.6) is 0 Å². The van der Waals surface area contributed by atoms with Gasteiger partial charge in [-0.1, -0.05) is 12.1 Å². The van der Waals surface area contributed by atoms with Crippen molar-refractivity contribution in [3.05, 3.63) is 35.4 Å². The van der Waals surface area contributed by atoms with Crippen molar-refractivity contribution in [2.75, 3.05) is 13.7 Å². The van der Waals surface area contributed by atoms with Crippen LogP contribution in [0.3, 0.4) is 0 Å². The van der Waals surface area contributed by atoms with Gasteiger partial charge in [-0.15, -0.1) is 0 Å². The summed E-state index contributed by atoms with van der Waals surface area (Å²) in [6.45, 7) is 0.829. The van der Waals surface area contributed by atoms with Crippen molar-refractivity contribution in [3.63, 3.8) is 0 Å². The third kappa shape index (κ3) is 4.71. The average molecular weight is 301 g/mol. The van der Waals surface area contributed by atoms with E-state index in [0.29, 0.717) is 6.10 Å². The summed E-state index contributed by atoms with van der Waals surface area (Å²) in [7, 11) is 1.84. The first-order valence-electron chi connectivity index (χ1n) is 7.46. The number of hydrogen-bond donors (Lipinski definition) is 1. The summed E-state index contributed by atoms with van der Waals surface area (Å²) in [5.41, 5.74) is 0.290. The SMILES string of the molecule is CNC(CCC1CCCCO1)c1ccc(C(F)(F)F)cc1. The van der Waals surface area contributed by atoms with Crippen LogP contribution in [0.2, 0.25) is 0 Å². The topological polar surface area (TPSA) is 21.3 Å². The third-order valence-corrected chi connectivity index (χ3v) is 4.04. The molecule has 0 bridgehead atoms. The first-order valence-corrected chi connectivity index (χ1v) is 7.46. The molecule has 1 aromatic carbocycles. The number of ether oxygens (including phenoxy) is 1. The smallest absolute Gasteiger partial charge is 0.378 e. The second-order valence-electron chi connectivity index (χ2n) is 5.53. The highest BCUT2D eigenvalue weighted by Crippen LogP contribution is 2.31. The third-order valence-electron chi connectivity index (χ3n) is 4.04. The van der Waals surface area contributed by atoms with E-state index in [1.807, 2.05) is 7.05 Å². The zero-order chi connectivity index (χ0) is 15.3.